The molecule has 0 amide bonds. The van der Waals surface area contributed by atoms with Crippen molar-refractivity contribution < 1.29 is 19.8 Å². The van der Waals surface area contributed by atoms with Crippen LogP contribution in [0.2, 0.25) is 0 Å². The minimum atomic E-state index is -1.17. The van der Waals surface area contributed by atoms with Gasteiger partial charge in [-0.2, -0.15) is 0 Å². The van der Waals surface area contributed by atoms with E-state index in [1.54, 1.807) is 24.3 Å². The molecule has 0 unspecified atom stereocenters. The van der Waals surface area contributed by atoms with Gasteiger partial charge in [0.1, 0.15) is 5.75 Å². The van der Waals surface area contributed by atoms with Crippen LogP contribution in [-0.4, -0.2) is 16.2 Å². The highest BCUT2D eigenvalue weighted by molar-refractivity contribution is 5.86. The summed E-state index contributed by atoms with van der Waals surface area (Å²) in [4.78, 5) is 23.1. The summed E-state index contributed by atoms with van der Waals surface area (Å²) < 4.78 is 0. The van der Waals surface area contributed by atoms with Crippen molar-refractivity contribution in [1.29, 1.82) is 0 Å². The van der Waals surface area contributed by atoms with E-state index in [-0.39, 0.29) is 5.57 Å². The van der Waals surface area contributed by atoms with Gasteiger partial charge in [0, 0.05) is 5.57 Å². The zero-order valence-electron chi connectivity index (χ0n) is 8.62. The van der Waals surface area contributed by atoms with Crippen molar-refractivity contribution in [3.8, 4) is 5.75 Å². The molecule has 0 aromatic heterocycles. The highest BCUT2D eigenvalue weighted by atomic mass is 17.0. The first-order valence-corrected chi connectivity index (χ1v) is 4.19. The lowest BCUT2D eigenvalue weighted by Gasteiger charge is -1.91. The molecule has 0 aliphatic heterocycles. The number of hydrogen-bond acceptors (Lipinski definition) is 5. The Morgan fingerprint density at radius 2 is 1.94 bits per heavy atom. The second-order valence-corrected chi connectivity index (χ2v) is 2.72. The molecule has 16 heavy (non-hydrogen) atoms. The van der Waals surface area contributed by atoms with Crippen molar-refractivity contribution in [2.75, 3.05) is 0 Å². The van der Waals surface area contributed by atoms with Crippen molar-refractivity contribution in [3.63, 3.8) is 0 Å². The van der Waals surface area contributed by atoms with Crippen LogP contribution in [0.5, 0.6) is 5.75 Å². The molecule has 0 heterocycles. The fourth-order valence-electron chi connectivity index (χ4n) is 0.574. The summed E-state index contributed by atoms with van der Waals surface area (Å²) >= 11 is 0. The van der Waals surface area contributed by atoms with E-state index in [0.29, 0.717) is 5.75 Å². The molecule has 6 heteroatoms. The number of nitrogens with zero attached hydrogens (tertiary/aromatic N) is 1. The molecule has 0 radical (unpaired) electrons. The maximum Gasteiger partial charge on any atom is 0.329 e. The van der Waals surface area contributed by atoms with E-state index < -0.39 is 11.1 Å². The number of para-hydroxylation sites is 1. The van der Waals surface area contributed by atoms with Crippen LogP contribution in [0.25, 0.3) is 0 Å². The average molecular weight is 225 g/mol. The van der Waals surface area contributed by atoms with E-state index in [1.165, 1.54) is 6.92 Å². The molecule has 0 aliphatic carbocycles. The van der Waals surface area contributed by atoms with E-state index in [1.807, 2.05) is 6.07 Å². The summed E-state index contributed by atoms with van der Waals surface area (Å²) in [5, 5.41) is 16.9. The Labute approximate surface area is 91.9 Å². The Morgan fingerprint density at radius 1 is 1.44 bits per heavy atom. The Kier molecular flexibility index (Phi) is 5.96. The van der Waals surface area contributed by atoms with E-state index in [2.05, 4.69) is 11.4 Å². The highest BCUT2D eigenvalue weighted by Crippen LogP contribution is 2.02. The number of carbonyl (C=O) groups is 1. The van der Waals surface area contributed by atoms with Crippen molar-refractivity contribution in [2.24, 2.45) is 0 Å². The minimum Gasteiger partial charge on any atom is -0.508 e. The van der Waals surface area contributed by atoms with Gasteiger partial charge in [0.15, 0.2) is 0 Å². The quantitative estimate of drug-likeness (QED) is 0.470. The Bertz CT molecular complexity index is 374. The molecule has 1 rings (SSSR count). The van der Waals surface area contributed by atoms with Gasteiger partial charge in [0.2, 0.25) is 0 Å². The van der Waals surface area contributed by atoms with Gasteiger partial charge in [-0.25, -0.2) is 4.84 Å². The molecule has 0 aliphatic rings. The summed E-state index contributed by atoms with van der Waals surface area (Å²) in [6.45, 7) is 4.45. The lowest BCUT2D eigenvalue weighted by molar-refractivity contribution is -0.728. The van der Waals surface area contributed by atoms with Gasteiger partial charge in [0.25, 0.3) is 0 Å². The molecule has 1 aromatic carbocycles. The summed E-state index contributed by atoms with van der Waals surface area (Å²) in [6.07, 6.45) is 0. The molecule has 0 saturated carbocycles. The van der Waals surface area contributed by atoms with Crippen LogP contribution in [0.15, 0.2) is 42.5 Å². The van der Waals surface area contributed by atoms with Gasteiger partial charge in [-0.05, 0) is 19.1 Å². The molecule has 0 saturated heterocycles. The van der Waals surface area contributed by atoms with Gasteiger partial charge >= 0.3 is 11.1 Å². The maximum absolute atomic E-state index is 10.2. The fraction of sp³-hybridized carbons (Fsp3) is 0.100. The van der Waals surface area contributed by atoms with Crippen LogP contribution in [0.1, 0.15) is 6.92 Å². The molecular weight excluding hydrogens is 214 g/mol. The number of carbonyl (C=O) groups excluding carboxylic acids is 1. The van der Waals surface area contributed by atoms with Crippen LogP contribution in [0, 0.1) is 10.1 Å². The summed E-state index contributed by atoms with van der Waals surface area (Å²) in [7, 11) is 0. The number of phenols is 1. The Morgan fingerprint density at radius 3 is 2.12 bits per heavy atom. The molecule has 1 N–H and O–H groups in total. The van der Waals surface area contributed by atoms with E-state index in [4.69, 9.17) is 5.11 Å². The number of aromatic hydroxyl groups is 1. The van der Waals surface area contributed by atoms with Gasteiger partial charge in [-0.1, -0.05) is 24.8 Å². The number of rotatable bonds is 2. The number of hydrogen-bond donors (Lipinski definition) is 1. The molecular formula is C10H11NO5. The SMILES string of the molecule is C=C(C)C(=O)O[N+](=O)[O-].Oc1ccccc1. The van der Waals surface area contributed by atoms with Crippen LogP contribution in [-0.2, 0) is 9.63 Å². The van der Waals surface area contributed by atoms with Crippen LogP contribution >= 0.6 is 0 Å². The van der Waals surface area contributed by atoms with Crippen molar-refractivity contribution in [1.82, 2.24) is 0 Å². The third-order valence-electron chi connectivity index (χ3n) is 1.26. The second-order valence-electron chi connectivity index (χ2n) is 2.72. The number of phenolic OH excluding ortho intramolecular Hbond substituents is 1. The number of benzene rings is 1. The standard InChI is InChI=1S/C6H6O.C4H5NO4/c7-6-4-2-1-3-5-6;1-3(2)4(6)9-5(7)8/h1-5,7H;1H2,2H3. The van der Waals surface area contributed by atoms with E-state index in [0.717, 1.165) is 0 Å². The normalized spacial score (nSPS) is 8.31. The Hall–Kier alpha value is -2.37. The third-order valence-corrected chi connectivity index (χ3v) is 1.26. The van der Waals surface area contributed by atoms with Gasteiger partial charge in [0.05, 0.1) is 0 Å². The topological polar surface area (TPSA) is 89.7 Å². The van der Waals surface area contributed by atoms with Gasteiger partial charge in [-0.15, -0.1) is 10.1 Å². The van der Waals surface area contributed by atoms with E-state index in [9.17, 15) is 14.9 Å². The summed E-state index contributed by atoms with van der Waals surface area (Å²) in [6, 6.07) is 8.71. The molecule has 0 bridgehead atoms. The maximum atomic E-state index is 10.2. The second kappa shape index (κ2) is 6.99. The smallest absolute Gasteiger partial charge is 0.329 e. The predicted octanol–water partition coefficient (Wildman–Crippen LogP) is 1.69. The third kappa shape index (κ3) is 7.07. The largest absolute Gasteiger partial charge is 0.508 e. The Balaban J connectivity index is 0.000000288. The molecule has 0 atom stereocenters. The van der Waals surface area contributed by atoms with Gasteiger partial charge in [-0.3, -0.25) is 4.79 Å². The average Bonchev–Trinajstić information content (AvgIpc) is 2.18. The lowest BCUT2D eigenvalue weighted by Crippen LogP contribution is -2.09. The zero-order valence-corrected chi connectivity index (χ0v) is 8.62. The van der Waals surface area contributed by atoms with Crippen LogP contribution in [0.3, 0.4) is 0 Å². The van der Waals surface area contributed by atoms with Crippen molar-refractivity contribution in [3.05, 3.63) is 52.6 Å². The van der Waals surface area contributed by atoms with Crippen LogP contribution in [0.4, 0.5) is 0 Å². The summed E-state index contributed by atoms with van der Waals surface area (Å²) in [5.74, 6) is -0.692. The minimum absolute atomic E-state index is 0.00620. The van der Waals surface area contributed by atoms with Crippen molar-refractivity contribution in [2.45, 2.75) is 6.92 Å². The lowest BCUT2D eigenvalue weighted by atomic mass is 10.3. The zero-order chi connectivity index (χ0) is 12.6. The molecule has 0 spiro atoms. The molecule has 6 nitrogen and oxygen atoms in total. The first-order valence-electron chi connectivity index (χ1n) is 4.19. The molecule has 86 valence electrons. The first kappa shape index (κ1) is 13.6. The monoisotopic (exact) mass is 225 g/mol. The van der Waals surface area contributed by atoms with Crippen LogP contribution < -0.4 is 0 Å². The predicted molar refractivity (Wildman–Crippen MR) is 56.0 cm³/mol. The first-order chi connectivity index (χ1) is 7.43. The van der Waals surface area contributed by atoms with Crippen molar-refractivity contribution >= 4 is 5.97 Å². The van der Waals surface area contributed by atoms with E-state index >= 15 is 0 Å². The summed E-state index contributed by atoms with van der Waals surface area (Å²) in [5.41, 5.74) is 0.00620. The fourth-order valence-corrected chi connectivity index (χ4v) is 0.574. The molecule has 0 fully saturated rings. The highest BCUT2D eigenvalue weighted by Gasteiger charge is 2.05. The molecule has 1 aromatic rings. The van der Waals surface area contributed by atoms with Gasteiger partial charge < -0.3 is 5.11 Å².